The first-order valence-electron chi connectivity index (χ1n) is 6.82. The van der Waals surface area contributed by atoms with Crippen molar-refractivity contribution in [2.45, 2.75) is 6.92 Å². The fourth-order valence-electron chi connectivity index (χ4n) is 1.75. The molecule has 112 valence electrons. The van der Waals surface area contributed by atoms with Gasteiger partial charge in [-0.15, -0.1) is 0 Å². The van der Waals surface area contributed by atoms with Gasteiger partial charge in [0, 0.05) is 12.3 Å². The van der Waals surface area contributed by atoms with Gasteiger partial charge in [0.15, 0.2) is 0 Å². The van der Waals surface area contributed by atoms with Crippen LogP contribution in [0.2, 0.25) is 0 Å². The van der Waals surface area contributed by atoms with E-state index in [4.69, 9.17) is 25.7 Å². The molecule has 0 aromatic heterocycles. The highest BCUT2D eigenvalue weighted by Gasteiger charge is 2.03. The normalized spacial score (nSPS) is 10.3. The second-order valence-corrected chi connectivity index (χ2v) is 4.42. The molecule has 0 amide bonds. The summed E-state index contributed by atoms with van der Waals surface area (Å²) in [7, 11) is 0. The molecule has 21 heavy (non-hydrogen) atoms. The van der Waals surface area contributed by atoms with E-state index in [1.165, 1.54) is 0 Å². The number of benzene rings is 2. The minimum absolute atomic E-state index is 0.507. The Hall–Kier alpha value is -2.40. The Balaban J connectivity index is 1.92. The van der Waals surface area contributed by atoms with Gasteiger partial charge in [-0.2, -0.15) is 0 Å². The molecule has 0 aliphatic rings. The van der Waals surface area contributed by atoms with Crippen LogP contribution in [0.15, 0.2) is 42.5 Å². The molecule has 0 atom stereocenters. The average molecular weight is 288 g/mol. The number of hydrogen-bond donors (Lipinski definition) is 2. The van der Waals surface area contributed by atoms with Gasteiger partial charge in [0.1, 0.15) is 23.9 Å². The summed E-state index contributed by atoms with van der Waals surface area (Å²) in [5.41, 5.74) is 12.6. The third-order valence-corrected chi connectivity index (χ3v) is 2.79. The monoisotopic (exact) mass is 288 g/mol. The van der Waals surface area contributed by atoms with Crippen molar-refractivity contribution in [3.63, 3.8) is 0 Å². The van der Waals surface area contributed by atoms with Gasteiger partial charge in [0.25, 0.3) is 0 Å². The van der Waals surface area contributed by atoms with Crippen LogP contribution in [0.4, 0.5) is 11.4 Å². The van der Waals surface area contributed by atoms with E-state index in [1.54, 1.807) is 18.2 Å². The number of nitrogens with two attached hydrogens (primary N) is 2. The van der Waals surface area contributed by atoms with E-state index in [1.807, 2.05) is 31.2 Å². The number of anilines is 2. The van der Waals surface area contributed by atoms with Crippen molar-refractivity contribution in [2.75, 3.05) is 31.3 Å². The fourth-order valence-corrected chi connectivity index (χ4v) is 1.75. The standard InChI is InChI=1S/C16H20N2O3/c1-2-19-9-10-20-13-4-6-14(7-5-13)21-16-8-3-12(17)11-15(16)18/h3-8,11H,2,9-10,17-18H2,1H3. The van der Waals surface area contributed by atoms with Crippen LogP contribution in [0.3, 0.4) is 0 Å². The Bertz CT molecular complexity index is 570. The van der Waals surface area contributed by atoms with Crippen LogP contribution in [-0.2, 0) is 4.74 Å². The summed E-state index contributed by atoms with van der Waals surface area (Å²) in [6, 6.07) is 12.5. The second-order valence-electron chi connectivity index (χ2n) is 4.42. The minimum atomic E-state index is 0.507. The van der Waals surface area contributed by atoms with Crippen LogP contribution in [0, 0.1) is 0 Å². The Labute approximate surface area is 124 Å². The number of ether oxygens (including phenoxy) is 3. The molecule has 0 heterocycles. The van der Waals surface area contributed by atoms with Crippen molar-refractivity contribution >= 4 is 11.4 Å². The van der Waals surface area contributed by atoms with Crippen LogP contribution >= 0.6 is 0 Å². The Morgan fingerprint density at radius 2 is 1.62 bits per heavy atom. The average Bonchev–Trinajstić information content (AvgIpc) is 2.48. The molecule has 0 saturated carbocycles. The predicted molar refractivity (Wildman–Crippen MR) is 83.8 cm³/mol. The summed E-state index contributed by atoms with van der Waals surface area (Å²) >= 11 is 0. The molecule has 0 aliphatic carbocycles. The van der Waals surface area contributed by atoms with Gasteiger partial charge in [0.05, 0.1) is 12.3 Å². The summed E-state index contributed by atoms with van der Waals surface area (Å²) in [6.45, 7) is 3.75. The summed E-state index contributed by atoms with van der Waals surface area (Å²) in [4.78, 5) is 0. The summed E-state index contributed by atoms with van der Waals surface area (Å²) < 4.78 is 16.4. The molecule has 0 saturated heterocycles. The van der Waals surface area contributed by atoms with E-state index >= 15 is 0 Å². The van der Waals surface area contributed by atoms with E-state index in [0.717, 1.165) is 5.75 Å². The number of nitrogen functional groups attached to an aromatic ring is 2. The molecule has 2 rings (SSSR count). The first kappa shape index (κ1) is 15.0. The second kappa shape index (κ2) is 7.40. The van der Waals surface area contributed by atoms with Gasteiger partial charge < -0.3 is 25.7 Å². The summed E-state index contributed by atoms with van der Waals surface area (Å²) in [5, 5.41) is 0. The van der Waals surface area contributed by atoms with Crippen molar-refractivity contribution in [3.8, 4) is 17.2 Å². The lowest BCUT2D eigenvalue weighted by atomic mass is 10.2. The van der Waals surface area contributed by atoms with Gasteiger partial charge in [-0.1, -0.05) is 0 Å². The molecular formula is C16H20N2O3. The van der Waals surface area contributed by atoms with Gasteiger partial charge in [-0.05, 0) is 49.4 Å². The van der Waals surface area contributed by atoms with E-state index in [2.05, 4.69) is 0 Å². The van der Waals surface area contributed by atoms with Crippen molar-refractivity contribution in [1.29, 1.82) is 0 Å². The molecule has 0 spiro atoms. The first-order chi connectivity index (χ1) is 10.2. The van der Waals surface area contributed by atoms with Gasteiger partial charge in [-0.3, -0.25) is 0 Å². The lowest BCUT2D eigenvalue weighted by molar-refractivity contribution is 0.110. The molecule has 0 radical (unpaired) electrons. The quantitative estimate of drug-likeness (QED) is 0.604. The molecule has 0 bridgehead atoms. The molecule has 0 fully saturated rings. The SMILES string of the molecule is CCOCCOc1ccc(Oc2ccc(N)cc2N)cc1. The van der Waals surface area contributed by atoms with Gasteiger partial charge >= 0.3 is 0 Å². The maximum absolute atomic E-state index is 5.85. The van der Waals surface area contributed by atoms with Gasteiger partial charge in [0.2, 0.25) is 0 Å². The Kier molecular flexibility index (Phi) is 5.29. The summed E-state index contributed by atoms with van der Waals surface area (Å²) in [6.07, 6.45) is 0. The molecular weight excluding hydrogens is 268 g/mol. The zero-order valence-electron chi connectivity index (χ0n) is 12.0. The zero-order chi connectivity index (χ0) is 15.1. The van der Waals surface area contributed by atoms with Crippen molar-refractivity contribution in [2.24, 2.45) is 0 Å². The zero-order valence-corrected chi connectivity index (χ0v) is 12.0. The third kappa shape index (κ3) is 4.57. The lowest BCUT2D eigenvalue weighted by Gasteiger charge is -2.10. The lowest BCUT2D eigenvalue weighted by Crippen LogP contribution is -2.06. The summed E-state index contributed by atoms with van der Waals surface area (Å²) in [5.74, 6) is 2.03. The molecule has 2 aromatic carbocycles. The van der Waals surface area contributed by atoms with Crippen LogP contribution in [-0.4, -0.2) is 19.8 Å². The van der Waals surface area contributed by atoms with Crippen molar-refractivity contribution in [3.05, 3.63) is 42.5 Å². The van der Waals surface area contributed by atoms with Gasteiger partial charge in [-0.25, -0.2) is 0 Å². The van der Waals surface area contributed by atoms with Crippen molar-refractivity contribution < 1.29 is 14.2 Å². The highest BCUT2D eigenvalue weighted by molar-refractivity contribution is 5.61. The van der Waals surface area contributed by atoms with E-state index in [9.17, 15) is 0 Å². The minimum Gasteiger partial charge on any atom is -0.491 e. The van der Waals surface area contributed by atoms with Crippen LogP contribution < -0.4 is 20.9 Å². The molecule has 4 N–H and O–H groups in total. The Morgan fingerprint density at radius 1 is 0.905 bits per heavy atom. The van der Waals surface area contributed by atoms with Crippen molar-refractivity contribution in [1.82, 2.24) is 0 Å². The maximum Gasteiger partial charge on any atom is 0.150 e. The Morgan fingerprint density at radius 3 is 2.29 bits per heavy atom. The predicted octanol–water partition coefficient (Wildman–Crippen LogP) is 3.06. The molecule has 5 heteroatoms. The van der Waals surface area contributed by atoms with Crippen LogP contribution in [0.5, 0.6) is 17.2 Å². The molecule has 2 aromatic rings. The smallest absolute Gasteiger partial charge is 0.150 e. The van der Waals surface area contributed by atoms with E-state index in [-0.39, 0.29) is 0 Å². The van der Waals surface area contributed by atoms with Crippen LogP contribution in [0.1, 0.15) is 6.92 Å². The first-order valence-corrected chi connectivity index (χ1v) is 6.82. The van der Waals surface area contributed by atoms with Crippen LogP contribution in [0.25, 0.3) is 0 Å². The number of hydrogen-bond acceptors (Lipinski definition) is 5. The molecule has 0 aliphatic heterocycles. The van der Waals surface area contributed by atoms with E-state index in [0.29, 0.717) is 42.7 Å². The maximum atomic E-state index is 5.85. The third-order valence-electron chi connectivity index (χ3n) is 2.79. The molecule has 5 nitrogen and oxygen atoms in total. The largest absolute Gasteiger partial charge is 0.491 e. The van der Waals surface area contributed by atoms with E-state index < -0.39 is 0 Å². The topological polar surface area (TPSA) is 79.7 Å². The molecule has 0 unspecified atom stereocenters. The fraction of sp³-hybridized carbons (Fsp3) is 0.250. The number of rotatable bonds is 7. The highest BCUT2D eigenvalue weighted by Crippen LogP contribution is 2.29. The highest BCUT2D eigenvalue weighted by atomic mass is 16.5.